The summed E-state index contributed by atoms with van der Waals surface area (Å²) in [7, 11) is 2.85. The molecule has 186 valence electrons. The van der Waals surface area contributed by atoms with Crippen LogP contribution in [0, 0.1) is 0 Å². The van der Waals surface area contributed by atoms with Gasteiger partial charge in [0.25, 0.3) is 0 Å². The van der Waals surface area contributed by atoms with E-state index < -0.39 is 18.8 Å². The summed E-state index contributed by atoms with van der Waals surface area (Å²) in [6, 6.07) is 27.8. The van der Waals surface area contributed by atoms with Crippen LogP contribution in [0.25, 0.3) is 0 Å². The summed E-state index contributed by atoms with van der Waals surface area (Å²) in [6.45, 7) is -2.28. The molecule has 0 aromatic heterocycles. The van der Waals surface area contributed by atoms with Crippen LogP contribution in [0.4, 0.5) is 0 Å². The first-order valence-corrected chi connectivity index (χ1v) is 11.5. The van der Waals surface area contributed by atoms with Crippen molar-refractivity contribution < 1.29 is 25.8 Å². The molecule has 2 N–H and O–H groups in total. The molecule has 0 aliphatic heterocycles. The van der Waals surface area contributed by atoms with Crippen LogP contribution in [-0.2, 0) is 19.6 Å². The summed E-state index contributed by atoms with van der Waals surface area (Å²) < 4.78 is 66.9. The summed E-state index contributed by atoms with van der Waals surface area (Å²) in [6.07, 6.45) is -2.63. The van der Waals surface area contributed by atoms with Crippen LogP contribution in [0.5, 0.6) is 23.0 Å². The number of methoxy groups -OCH3 is 2. The maximum absolute atomic E-state index is 9.26. The topological polar surface area (TPSA) is 62.9 Å². The lowest BCUT2D eigenvalue weighted by atomic mass is 9.91. The number of hydrogen-bond donors (Lipinski definition) is 1. The minimum absolute atomic E-state index is 0.00546. The Bertz CT molecular complexity index is 1450. The Balaban J connectivity index is 1.67. The fraction of sp³-hybridized carbons (Fsp3) is 0.226. The van der Waals surface area contributed by atoms with Gasteiger partial charge in [-0.1, -0.05) is 72.8 Å². The molecule has 0 fully saturated rings. The number of ether oxygens (including phenoxy) is 4. The van der Waals surface area contributed by atoms with Crippen molar-refractivity contribution in [3.63, 3.8) is 0 Å². The van der Waals surface area contributed by atoms with Crippen LogP contribution in [-0.4, -0.2) is 20.7 Å². The lowest BCUT2D eigenvalue weighted by Crippen LogP contribution is -2.15. The zero-order valence-corrected chi connectivity index (χ0v) is 20.4. The third kappa shape index (κ3) is 6.58. The van der Waals surface area contributed by atoms with Crippen molar-refractivity contribution in [2.24, 2.45) is 5.73 Å². The van der Waals surface area contributed by atoms with Gasteiger partial charge in [0.05, 0.1) is 14.2 Å². The highest BCUT2D eigenvalue weighted by Gasteiger charge is 2.16. The highest BCUT2D eigenvalue weighted by atomic mass is 16.5. The highest BCUT2D eigenvalue weighted by Crippen LogP contribution is 2.34. The first-order chi connectivity index (χ1) is 19.5. The van der Waals surface area contributed by atoms with Gasteiger partial charge in [0, 0.05) is 12.7 Å². The second-order valence-corrected chi connectivity index (χ2v) is 7.92. The van der Waals surface area contributed by atoms with E-state index in [1.807, 2.05) is 60.7 Å². The van der Waals surface area contributed by atoms with Gasteiger partial charge in [-0.3, -0.25) is 0 Å². The molecule has 1 unspecified atom stereocenters. The van der Waals surface area contributed by atoms with Crippen LogP contribution in [0.15, 0.2) is 97.1 Å². The van der Waals surface area contributed by atoms with Gasteiger partial charge in [0.2, 0.25) is 0 Å². The van der Waals surface area contributed by atoms with Gasteiger partial charge < -0.3 is 24.7 Å². The minimum atomic E-state index is -2.82. The molecule has 0 saturated carbocycles. The van der Waals surface area contributed by atoms with E-state index in [2.05, 4.69) is 0 Å². The predicted molar refractivity (Wildman–Crippen MR) is 143 cm³/mol. The molecular formula is C31H33NO4. The third-order valence-electron chi connectivity index (χ3n) is 5.50. The van der Waals surface area contributed by atoms with Gasteiger partial charge in [0.1, 0.15) is 13.2 Å². The summed E-state index contributed by atoms with van der Waals surface area (Å²) in [5, 5.41) is 0. The number of rotatable bonds is 12. The molecular weight excluding hydrogens is 450 g/mol. The van der Waals surface area contributed by atoms with E-state index in [0.717, 1.165) is 11.1 Å². The maximum Gasteiger partial charge on any atom is 0.161 e. The van der Waals surface area contributed by atoms with Crippen molar-refractivity contribution in [3.8, 4) is 23.0 Å². The predicted octanol–water partition coefficient (Wildman–Crippen LogP) is 6.15. The minimum Gasteiger partial charge on any atom is -0.493 e. The van der Waals surface area contributed by atoms with Crippen molar-refractivity contribution in [2.45, 2.75) is 25.5 Å². The number of nitrogens with two attached hydrogens (primary N) is 1. The van der Waals surface area contributed by atoms with Crippen molar-refractivity contribution in [3.05, 3.63) is 119 Å². The van der Waals surface area contributed by atoms with Crippen LogP contribution in [0.2, 0.25) is 0 Å². The number of benzene rings is 4. The maximum atomic E-state index is 9.26. The van der Waals surface area contributed by atoms with Crippen LogP contribution in [0.1, 0.15) is 35.0 Å². The molecule has 5 nitrogen and oxygen atoms in total. The summed E-state index contributed by atoms with van der Waals surface area (Å²) >= 11 is 0. The van der Waals surface area contributed by atoms with Crippen LogP contribution >= 0.6 is 0 Å². The molecule has 4 aromatic carbocycles. The molecule has 5 heteroatoms. The normalized spacial score (nSPS) is 15.2. The smallest absolute Gasteiger partial charge is 0.161 e. The van der Waals surface area contributed by atoms with E-state index in [1.165, 1.54) is 44.6 Å². The first-order valence-electron chi connectivity index (χ1n) is 14.0. The van der Waals surface area contributed by atoms with Gasteiger partial charge in [-0.15, -0.1) is 0 Å². The van der Waals surface area contributed by atoms with Gasteiger partial charge >= 0.3 is 0 Å². The fourth-order valence-corrected chi connectivity index (χ4v) is 3.61. The number of hydrogen-bond acceptors (Lipinski definition) is 5. The molecule has 0 amide bonds. The van der Waals surface area contributed by atoms with Crippen molar-refractivity contribution >= 4 is 0 Å². The van der Waals surface area contributed by atoms with Crippen LogP contribution < -0.4 is 24.7 Å². The molecule has 0 aliphatic carbocycles. The standard InChI is InChI=1S/C31H33NO4/c1-33-30-18-25(13-15-28(30)35-21-23-9-5-3-6-10-23)17-27(20-32)26-14-16-29(31(19-26)34-2)36-22-24-11-7-4-8-12-24/h3-16,18-19,27H,17,20-22,32H2,1-2H3/i17D2,20D2,27D. The van der Waals surface area contributed by atoms with E-state index in [-0.39, 0.29) is 35.8 Å². The fourth-order valence-electron chi connectivity index (χ4n) is 3.61. The van der Waals surface area contributed by atoms with Gasteiger partial charge in [0.15, 0.2) is 23.0 Å². The molecule has 0 radical (unpaired) electrons. The lowest BCUT2D eigenvalue weighted by Gasteiger charge is -2.19. The quantitative estimate of drug-likeness (QED) is 0.259. The molecule has 1 atom stereocenters. The molecule has 0 saturated heterocycles. The van der Waals surface area contributed by atoms with E-state index >= 15 is 0 Å². The first kappa shape index (κ1) is 19.3. The Labute approximate surface area is 220 Å². The molecule has 0 aliphatic rings. The van der Waals surface area contributed by atoms with E-state index in [0.29, 0.717) is 11.5 Å². The Hall–Kier alpha value is -3.96. The second-order valence-electron chi connectivity index (χ2n) is 7.92. The summed E-state index contributed by atoms with van der Waals surface area (Å²) in [4.78, 5) is 0. The zero-order valence-electron chi connectivity index (χ0n) is 25.4. The molecule has 36 heavy (non-hydrogen) atoms. The summed E-state index contributed by atoms with van der Waals surface area (Å²) in [5.74, 6) is -1.41. The SMILES string of the molecule is [2H]C([2H])(N)C([2H])(c1ccc(OCc2ccccc2)c(OC)c1)C([2H])([2H])c1ccc(OCc2ccccc2)c(OC)c1. The van der Waals surface area contributed by atoms with E-state index in [9.17, 15) is 1.37 Å². The molecule has 0 bridgehead atoms. The molecule has 4 aromatic rings. The van der Waals surface area contributed by atoms with Crippen molar-refractivity contribution in [1.29, 1.82) is 0 Å². The van der Waals surface area contributed by atoms with E-state index in [4.69, 9.17) is 30.2 Å². The largest absolute Gasteiger partial charge is 0.493 e. The summed E-state index contributed by atoms with van der Waals surface area (Å²) in [5.41, 5.74) is 7.78. The van der Waals surface area contributed by atoms with Gasteiger partial charge in [-0.2, -0.15) is 0 Å². The molecule has 0 spiro atoms. The Kier molecular flexibility index (Phi) is 6.77. The molecule has 0 heterocycles. The van der Waals surface area contributed by atoms with Crippen molar-refractivity contribution in [2.75, 3.05) is 20.7 Å². The average Bonchev–Trinajstić information content (AvgIpc) is 2.98. The Morgan fingerprint density at radius 3 is 1.72 bits per heavy atom. The monoisotopic (exact) mass is 488 g/mol. The Morgan fingerprint density at radius 2 is 1.19 bits per heavy atom. The lowest BCUT2D eigenvalue weighted by molar-refractivity contribution is 0.284. The zero-order chi connectivity index (χ0) is 29.7. The van der Waals surface area contributed by atoms with Gasteiger partial charge in [-0.05, 0) is 59.4 Å². The Morgan fingerprint density at radius 1 is 0.667 bits per heavy atom. The average molecular weight is 489 g/mol. The highest BCUT2D eigenvalue weighted by molar-refractivity contribution is 5.46. The third-order valence-corrected chi connectivity index (χ3v) is 5.50. The molecule has 4 rings (SSSR count). The van der Waals surface area contributed by atoms with Crippen molar-refractivity contribution in [1.82, 2.24) is 0 Å². The van der Waals surface area contributed by atoms with Gasteiger partial charge in [-0.25, -0.2) is 0 Å². The second kappa shape index (κ2) is 12.7. The van der Waals surface area contributed by atoms with E-state index in [1.54, 1.807) is 6.07 Å². The van der Waals surface area contributed by atoms with Crippen LogP contribution in [0.3, 0.4) is 0 Å².